The average molecular weight is 207 g/mol. The summed E-state index contributed by atoms with van der Waals surface area (Å²) in [4.78, 5) is 7.57. The van der Waals surface area contributed by atoms with Gasteiger partial charge in [0.2, 0.25) is 11.9 Å². The van der Waals surface area contributed by atoms with E-state index >= 15 is 0 Å². The Morgan fingerprint density at radius 1 is 1.40 bits per heavy atom. The van der Waals surface area contributed by atoms with Gasteiger partial charge in [-0.25, -0.2) is 10.5 Å². The van der Waals surface area contributed by atoms with Gasteiger partial charge in [-0.2, -0.15) is 4.99 Å². The fourth-order valence-corrected chi connectivity index (χ4v) is 1.00. The Kier molecular flexibility index (Phi) is 3.64. The molecule has 0 saturated carbocycles. The van der Waals surface area contributed by atoms with Crippen molar-refractivity contribution in [1.29, 1.82) is 0 Å². The molecule has 0 fully saturated rings. The second-order valence-corrected chi connectivity index (χ2v) is 2.92. The van der Waals surface area contributed by atoms with Crippen LogP contribution < -0.4 is 16.9 Å². The average Bonchev–Trinajstić information content (AvgIpc) is 2.17. The second kappa shape index (κ2) is 4.97. The van der Waals surface area contributed by atoms with Gasteiger partial charge in [-0.05, 0) is 24.6 Å². The number of aryl methyl sites for hydroxylation is 1. The third kappa shape index (κ3) is 3.65. The lowest BCUT2D eigenvalue weighted by atomic mass is 10.2. The van der Waals surface area contributed by atoms with E-state index in [0.717, 1.165) is 5.56 Å². The monoisotopic (exact) mass is 207 g/mol. The first-order chi connectivity index (χ1) is 7.11. The molecular formula is C9H13N5O. The Morgan fingerprint density at radius 2 is 2.13 bits per heavy atom. The Labute approximate surface area is 87.3 Å². The lowest BCUT2D eigenvalue weighted by Crippen LogP contribution is -2.30. The number of nitrogens with two attached hydrogens (primary N) is 2. The van der Waals surface area contributed by atoms with Crippen LogP contribution in [0.2, 0.25) is 0 Å². The van der Waals surface area contributed by atoms with Crippen LogP contribution in [0.5, 0.6) is 0 Å². The van der Waals surface area contributed by atoms with Crippen molar-refractivity contribution in [3.05, 3.63) is 29.8 Å². The van der Waals surface area contributed by atoms with Gasteiger partial charge in [0, 0.05) is 0 Å². The summed E-state index contributed by atoms with van der Waals surface area (Å²) >= 11 is 0. The molecule has 0 aliphatic carbocycles. The highest BCUT2D eigenvalue weighted by Crippen LogP contribution is 2.12. The maximum atomic E-state index is 8.38. The van der Waals surface area contributed by atoms with Gasteiger partial charge < -0.3 is 11.5 Å². The minimum absolute atomic E-state index is 0.0281. The van der Waals surface area contributed by atoms with Crippen LogP contribution in [0.3, 0.4) is 0 Å². The largest absolute Gasteiger partial charge is 0.368 e. The Morgan fingerprint density at radius 3 is 2.73 bits per heavy atom. The first-order valence-electron chi connectivity index (χ1n) is 4.27. The molecule has 6 N–H and O–H groups in total. The SMILES string of the molecule is Cc1cccc(N=C(N)/N=C(/N)NO)c1. The zero-order valence-corrected chi connectivity index (χ0v) is 8.31. The number of nitrogens with zero attached hydrogens (tertiary/aromatic N) is 2. The smallest absolute Gasteiger partial charge is 0.223 e. The zero-order chi connectivity index (χ0) is 11.3. The van der Waals surface area contributed by atoms with Gasteiger partial charge in [-0.3, -0.25) is 5.21 Å². The van der Waals surface area contributed by atoms with E-state index in [-0.39, 0.29) is 11.9 Å². The summed E-state index contributed by atoms with van der Waals surface area (Å²) in [6, 6.07) is 7.45. The maximum Gasteiger partial charge on any atom is 0.223 e. The van der Waals surface area contributed by atoms with Crippen molar-refractivity contribution >= 4 is 17.6 Å². The molecule has 1 rings (SSSR count). The van der Waals surface area contributed by atoms with E-state index in [1.165, 1.54) is 0 Å². The van der Waals surface area contributed by atoms with E-state index in [1.54, 1.807) is 11.5 Å². The minimum Gasteiger partial charge on any atom is -0.368 e. The van der Waals surface area contributed by atoms with Crippen molar-refractivity contribution in [3.63, 3.8) is 0 Å². The van der Waals surface area contributed by atoms with E-state index in [0.29, 0.717) is 5.69 Å². The van der Waals surface area contributed by atoms with Crippen LogP contribution in [0.25, 0.3) is 0 Å². The van der Waals surface area contributed by atoms with Gasteiger partial charge in [0.1, 0.15) is 0 Å². The quantitative estimate of drug-likeness (QED) is 0.300. The fourth-order valence-electron chi connectivity index (χ4n) is 1.00. The second-order valence-electron chi connectivity index (χ2n) is 2.92. The summed E-state index contributed by atoms with van der Waals surface area (Å²) < 4.78 is 0. The molecule has 0 heterocycles. The van der Waals surface area contributed by atoms with E-state index in [4.69, 9.17) is 16.7 Å². The molecule has 0 saturated heterocycles. The Bertz CT molecular complexity index is 399. The normalized spacial score (nSPS) is 12.7. The zero-order valence-electron chi connectivity index (χ0n) is 8.31. The van der Waals surface area contributed by atoms with Crippen molar-refractivity contribution in [1.82, 2.24) is 5.48 Å². The molecule has 6 nitrogen and oxygen atoms in total. The lowest BCUT2D eigenvalue weighted by molar-refractivity contribution is 0.233. The van der Waals surface area contributed by atoms with E-state index < -0.39 is 0 Å². The van der Waals surface area contributed by atoms with Crippen molar-refractivity contribution in [2.45, 2.75) is 6.92 Å². The highest BCUT2D eigenvalue weighted by Gasteiger charge is 1.93. The molecule has 0 aromatic heterocycles. The number of hydrogen-bond donors (Lipinski definition) is 4. The molecule has 6 heteroatoms. The Balaban J connectivity index is 2.88. The highest BCUT2D eigenvalue weighted by molar-refractivity contribution is 5.93. The van der Waals surface area contributed by atoms with Crippen LogP contribution in [-0.2, 0) is 0 Å². The van der Waals surface area contributed by atoms with Crippen molar-refractivity contribution in [2.75, 3.05) is 0 Å². The van der Waals surface area contributed by atoms with E-state index in [9.17, 15) is 0 Å². The third-order valence-electron chi connectivity index (χ3n) is 1.59. The van der Waals surface area contributed by atoms with Gasteiger partial charge in [0.15, 0.2) is 0 Å². The molecule has 0 radical (unpaired) electrons. The molecule has 0 spiro atoms. The Hall–Kier alpha value is -2.08. The molecule has 15 heavy (non-hydrogen) atoms. The van der Waals surface area contributed by atoms with Crippen LogP contribution in [0.1, 0.15) is 5.56 Å². The van der Waals surface area contributed by atoms with Gasteiger partial charge in [0.25, 0.3) is 0 Å². The lowest BCUT2D eigenvalue weighted by Gasteiger charge is -1.98. The fraction of sp³-hybridized carbons (Fsp3) is 0.111. The summed E-state index contributed by atoms with van der Waals surface area (Å²) in [6.45, 7) is 1.95. The molecule has 0 amide bonds. The maximum absolute atomic E-state index is 8.38. The molecule has 80 valence electrons. The summed E-state index contributed by atoms with van der Waals surface area (Å²) in [7, 11) is 0. The first-order valence-corrected chi connectivity index (χ1v) is 4.27. The van der Waals surface area contributed by atoms with Gasteiger partial charge in [0.05, 0.1) is 5.69 Å². The van der Waals surface area contributed by atoms with Crippen molar-refractivity contribution in [2.24, 2.45) is 21.5 Å². The standard InChI is InChI=1S/C9H13N5O/c1-6-3-2-4-7(5-6)12-8(10)13-9(11)14-15/h2-5,15H,1H3,(H5,10,11,12,13,14). The van der Waals surface area contributed by atoms with Crippen LogP contribution >= 0.6 is 0 Å². The molecule has 0 aliphatic heterocycles. The highest BCUT2D eigenvalue weighted by atomic mass is 16.5. The number of hydroxylamine groups is 1. The number of hydrogen-bond acceptors (Lipinski definition) is 2. The number of guanidine groups is 2. The van der Waals surface area contributed by atoms with Gasteiger partial charge >= 0.3 is 0 Å². The van der Waals surface area contributed by atoms with Crippen LogP contribution in [0.15, 0.2) is 34.3 Å². The van der Waals surface area contributed by atoms with Crippen LogP contribution in [-0.4, -0.2) is 17.1 Å². The summed E-state index contributed by atoms with van der Waals surface area (Å²) in [5.41, 5.74) is 14.1. The van der Waals surface area contributed by atoms with Crippen molar-refractivity contribution in [3.8, 4) is 0 Å². The minimum atomic E-state index is -0.205. The predicted octanol–water partition coefficient (Wildman–Crippen LogP) is 0.235. The molecule has 1 aromatic rings. The van der Waals surface area contributed by atoms with Crippen LogP contribution in [0.4, 0.5) is 5.69 Å². The van der Waals surface area contributed by atoms with E-state index in [2.05, 4.69) is 9.98 Å². The third-order valence-corrected chi connectivity index (χ3v) is 1.59. The van der Waals surface area contributed by atoms with Gasteiger partial charge in [-0.1, -0.05) is 12.1 Å². The molecule has 1 aromatic carbocycles. The number of rotatable bonds is 1. The molecule has 0 atom stereocenters. The molecular weight excluding hydrogens is 194 g/mol. The predicted molar refractivity (Wildman–Crippen MR) is 59.0 cm³/mol. The van der Waals surface area contributed by atoms with E-state index in [1.807, 2.05) is 25.1 Å². The van der Waals surface area contributed by atoms with Crippen molar-refractivity contribution < 1.29 is 5.21 Å². The number of benzene rings is 1. The molecule has 0 unspecified atom stereocenters. The first kappa shape index (κ1) is 11.0. The summed E-state index contributed by atoms with van der Waals surface area (Å²) in [5, 5.41) is 8.38. The number of nitrogens with one attached hydrogen (secondary N) is 1. The van der Waals surface area contributed by atoms with Gasteiger partial charge in [-0.15, -0.1) is 0 Å². The summed E-state index contributed by atoms with van der Waals surface area (Å²) in [6.07, 6.45) is 0. The molecule has 0 bridgehead atoms. The topological polar surface area (TPSA) is 109 Å². The van der Waals surface area contributed by atoms with Crippen LogP contribution in [0, 0.1) is 6.92 Å². The molecule has 0 aliphatic rings. The summed E-state index contributed by atoms with van der Waals surface area (Å²) in [5.74, 6) is -0.233. The number of aliphatic imine (C=N–C) groups is 2.